The van der Waals surface area contributed by atoms with Gasteiger partial charge in [0.05, 0.1) is 24.6 Å². The van der Waals surface area contributed by atoms with Crippen LogP contribution in [0.25, 0.3) is 10.2 Å². The number of fused-ring (bicyclic) bond motifs is 1. The van der Waals surface area contributed by atoms with Gasteiger partial charge in [0, 0.05) is 4.88 Å². The number of carboxylic acid groups (broad SMARTS) is 1. The lowest BCUT2D eigenvalue weighted by molar-refractivity contribution is -0.141. The van der Waals surface area contributed by atoms with Crippen LogP contribution in [-0.2, 0) is 16.0 Å². The molecule has 2 aromatic heterocycles. The molecule has 0 aliphatic carbocycles. The van der Waals surface area contributed by atoms with E-state index in [1.165, 1.54) is 11.2 Å². The molecule has 20 heavy (non-hydrogen) atoms. The Kier molecular flexibility index (Phi) is 3.54. The van der Waals surface area contributed by atoms with Crippen molar-refractivity contribution < 1.29 is 14.6 Å². The number of aryl methyl sites for hydroxylation is 1. The molecule has 1 aliphatic rings. The molecular formula is C13H15N3O3S. The topological polar surface area (TPSA) is 84.3 Å². The number of hydrogen-bond donors (Lipinski definition) is 2. The third-order valence-electron chi connectivity index (χ3n) is 3.45. The molecule has 0 bridgehead atoms. The summed E-state index contributed by atoms with van der Waals surface area (Å²) in [7, 11) is 0. The number of carbonyl (C=O) groups is 1. The summed E-state index contributed by atoms with van der Waals surface area (Å²) in [6, 6.07) is 1.81. The van der Waals surface area contributed by atoms with Crippen molar-refractivity contribution in [1.29, 1.82) is 0 Å². The molecule has 0 spiro atoms. The molecule has 1 aliphatic heterocycles. The van der Waals surface area contributed by atoms with Gasteiger partial charge in [0.25, 0.3) is 0 Å². The van der Waals surface area contributed by atoms with E-state index in [9.17, 15) is 4.79 Å². The molecule has 1 fully saturated rings. The fourth-order valence-corrected chi connectivity index (χ4v) is 3.25. The monoisotopic (exact) mass is 293 g/mol. The van der Waals surface area contributed by atoms with Gasteiger partial charge in [0.1, 0.15) is 22.9 Å². The van der Waals surface area contributed by atoms with E-state index in [0.29, 0.717) is 12.4 Å². The third kappa shape index (κ3) is 2.34. The molecule has 0 aromatic carbocycles. The van der Waals surface area contributed by atoms with E-state index in [0.717, 1.165) is 16.6 Å². The summed E-state index contributed by atoms with van der Waals surface area (Å²) in [5, 5.41) is 13.3. The van der Waals surface area contributed by atoms with Gasteiger partial charge in [0.2, 0.25) is 0 Å². The predicted octanol–water partition coefficient (Wildman–Crippen LogP) is 1.77. The Balaban J connectivity index is 1.90. The van der Waals surface area contributed by atoms with Crippen LogP contribution in [0.4, 0.5) is 5.82 Å². The summed E-state index contributed by atoms with van der Waals surface area (Å²) >= 11 is 1.64. The lowest BCUT2D eigenvalue weighted by Gasteiger charge is -2.16. The smallest absolute Gasteiger partial charge is 0.311 e. The van der Waals surface area contributed by atoms with Crippen LogP contribution in [0.5, 0.6) is 0 Å². The predicted molar refractivity (Wildman–Crippen MR) is 76.1 cm³/mol. The van der Waals surface area contributed by atoms with Crippen LogP contribution < -0.4 is 5.32 Å². The Bertz CT molecular complexity index is 643. The zero-order chi connectivity index (χ0) is 14.1. The standard InChI is InChI=1S/C13H15N3O3S/c1-2-7-3-8-11(14-6-15-12(8)20-7)16-10-5-19-4-9(10)13(17)18/h3,6,9-10H,2,4-5H2,1H3,(H,17,18)(H,14,15,16). The van der Waals surface area contributed by atoms with E-state index in [1.807, 2.05) is 0 Å². The zero-order valence-corrected chi connectivity index (χ0v) is 11.8. The number of hydrogen-bond acceptors (Lipinski definition) is 6. The third-order valence-corrected chi connectivity index (χ3v) is 4.64. The minimum atomic E-state index is -0.843. The van der Waals surface area contributed by atoms with E-state index in [4.69, 9.17) is 9.84 Å². The van der Waals surface area contributed by atoms with Crippen LogP contribution in [0.2, 0.25) is 0 Å². The van der Waals surface area contributed by atoms with E-state index >= 15 is 0 Å². The average molecular weight is 293 g/mol. The van der Waals surface area contributed by atoms with Gasteiger partial charge < -0.3 is 15.2 Å². The number of anilines is 1. The van der Waals surface area contributed by atoms with Gasteiger partial charge in [-0.15, -0.1) is 11.3 Å². The molecule has 0 amide bonds. The molecule has 2 aromatic rings. The van der Waals surface area contributed by atoms with Crippen molar-refractivity contribution in [3.63, 3.8) is 0 Å². The van der Waals surface area contributed by atoms with Gasteiger partial charge in [-0.3, -0.25) is 4.79 Å². The Labute approximate surface area is 119 Å². The molecule has 0 saturated carbocycles. The SMILES string of the molecule is CCc1cc2c(NC3COCC3C(=O)O)ncnc2s1. The Morgan fingerprint density at radius 1 is 1.55 bits per heavy atom. The van der Waals surface area contributed by atoms with Crippen LogP contribution in [-0.4, -0.2) is 40.3 Å². The molecule has 6 nitrogen and oxygen atoms in total. The first kappa shape index (κ1) is 13.3. The van der Waals surface area contributed by atoms with Crippen LogP contribution in [0, 0.1) is 5.92 Å². The number of rotatable bonds is 4. The number of carboxylic acids is 1. The highest BCUT2D eigenvalue weighted by atomic mass is 32.1. The molecule has 106 valence electrons. The first-order chi connectivity index (χ1) is 9.69. The lowest BCUT2D eigenvalue weighted by atomic mass is 10.0. The van der Waals surface area contributed by atoms with Crippen molar-refractivity contribution >= 4 is 33.3 Å². The first-order valence-corrected chi connectivity index (χ1v) is 7.31. The minimum absolute atomic E-state index is 0.241. The highest BCUT2D eigenvalue weighted by Gasteiger charge is 2.34. The number of ether oxygens (including phenoxy) is 1. The second-order valence-electron chi connectivity index (χ2n) is 4.74. The highest BCUT2D eigenvalue weighted by Crippen LogP contribution is 2.30. The molecule has 7 heteroatoms. The van der Waals surface area contributed by atoms with Crippen molar-refractivity contribution in [2.45, 2.75) is 19.4 Å². The number of thiophene rings is 1. The van der Waals surface area contributed by atoms with Crippen molar-refractivity contribution in [3.05, 3.63) is 17.3 Å². The van der Waals surface area contributed by atoms with Crippen LogP contribution in [0.3, 0.4) is 0 Å². The summed E-state index contributed by atoms with van der Waals surface area (Å²) in [4.78, 5) is 21.8. The fraction of sp³-hybridized carbons (Fsp3) is 0.462. The van der Waals surface area contributed by atoms with Gasteiger partial charge in [0.15, 0.2) is 0 Å². The summed E-state index contributed by atoms with van der Waals surface area (Å²) in [5.41, 5.74) is 0. The van der Waals surface area contributed by atoms with Gasteiger partial charge in [-0.1, -0.05) is 6.92 Å². The van der Waals surface area contributed by atoms with Gasteiger partial charge >= 0.3 is 5.97 Å². The number of nitrogens with one attached hydrogen (secondary N) is 1. The number of aliphatic carboxylic acids is 1. The quantitative estimate of drug-likeness (QED) is 0.893. The highest BCUT2D eigenvalue weighted by molar-refractivity contribution is 7.18. The van der Waals surface area contributed by atoms with Crippen molar-refractivity contribution in [2.24, 2.45) is 5.92 Å². The van der Waals surface area contributed by atoms with E-state index in [2.05, 4.69) is 28.3 Å². The molecular weight excluding hydrogens is 278 g/mol. The van der Waals surface area contributed by atoms with Crippen LogP contribution in [0.15, 0.2) is 12.4 Å². The largest absolute Gasteiger partial charge is 0.481 e. The second-order valence-corrected chi connectivity index (χ2v) is 5.86. The number of aromatic nitrogens is 2. The molecule has 2 unspecified atom stereocenters. The number of nitrogens with zero attached hydrogens (tertiary/aromatic N) is 2. The normalized spacial score (nSPS) is 22.2. The van der Waals surface area contributed by atoms with Crippen LogP contribution >= 0.6 is 11.3 Å². The van der Waals surface area contributed by atoms with Gasteiger partial charge in [-0.2, -0.15) is 0 Å². The Morgan fingerprint density at radius 3 is 3.15 bits per heavy atom. The Morgan fingerprint density at radius 2 is 2.40 bits per heavy atom. The fourth-order valence-electron chi connectivity index (χ4n) is 2.31. The van der Waals surface area contributed by atoms with Gasteiger partial charge in [-0.05, 0) is 12.5 Å². The van der Waals surface area contributed by atoms with E-state index in [1.54, 1.807) is 11.3 Å². The maximum atomic E-state index is 11.2. The maximum absolute atomic E-state index is 11.2. The molecule has 0 radical (unpaired) electrons. The molecule has 1 saturated heterocycles. The Hall–Kier alpha value is -1.73. The zero-order valence-electron chi connectivity index (χ0n) is 11.0. The van der Waals surface area contributed by atoms with E-state index in [-0.39, 0.29) is 12.6 Å². The lowest BCUT2D eigenvalue weighted by Crippen LogP contribution is -2.33. The van der Waals surface area contributed by atoms with Crippen molar-refractivity contribution in [1.82, 2.24) is 9.97 Å². The first-order valence-electron chi connectivity index (χ1n) is 6.49. The molecule has 3 rings (SSSR count). The van der Waals surface area contributed by atoms with Gasteiger partial charge in [-0.25, -0.2) is 9.97 Å². The summed E-state index contributed by atoms with van der Waals surface area (Å²) in [6.45, 7) is 2.72. The van der Waals surface area contributed by atoms with Crippen LogP contribution in [0.1, 0.15) is 11.8 Å². The second kappa shape index (κ2) is 5.34. The molecule has 3 heterocycles. The molecule has 2 N–H and O–H groups in total. The molecule has 2 atom stereocenters. The maximum Gasteiger partial charge on any atom is 0.311 e. The summed E-state index contributed by atoms with van der Waals surface area (Å²) < 4.78 is 5.26. The summed E-state index contributed by atoms with van der Waals surface area (Å²) in [6.07, 6.45) is 2.46. The van der Waals surface area contributed by atoms with E-state index < -0.39 is 11.9 Å². The minimum Gasteiger partial charge on any atom is -0.481 e. The summed E-state index contributed by atoms with van der Waals surface area (Å²) in [5.74, 6) is -0.693. The van der Waals surface area contributed by atoms with Crippen molar-refractivity contribution in [3.8, 4) is 0 Å². The average Bonchev–Trinajstić information content (AvgIpc) is 3.04. The van der Waals surface area contributed by atoms with Crippen molar-refractivity contribution in [2.75, 3.05) is 18.5 Å².